The first-order valence-corrected chi connectivity index (χ1v) is 6.42. The van der Waals surface area contributed by atoms with E-state index in [1.807, 2.05) is 60.7 Å². The molecule has 20 heavy (non-hydrogen) atoms. The van der Waals surface area contributed by atoms with Gasteiger partial charge in [-0.3, -0.25) is 0 Å². The van der Waals surface area contributed by atoms with Crippen LogP contribution in [0.1, 0.15) is 16.8 Å². The number of nitrogens with zero attached hydrogens (tertiary/aromatic N) is 2. The van der Waals surface area contributed by atoms with E-state index in [9.17, 15) is 5.11 Å². The molecule has 0 radical (unpaired) electrons. The van der Waals surface area contributed by atoms with Crippen LogP contribution in [-0.2, 0) is 5.60 Å². The van der Waals surface area contributed by atoms with Crippen LogP contribution in [0, 0.1) is 0 Å². The van der Waals surface area contributed by atoms with Gasteiger partial charge in [0.25, 0.3) is 0 Å². The topological polar surface area (TPSA) is 46.0 Å². The van der Waals surface area contributed by atoms with Crippen LogP contribution in [0.2, 0.25) is 0 Å². The van der Waals surface area contributed by atoms with Gasteiger partial charge in [-0.1, -0.05) is 60.7 Å². The average molecular weight is 262 g/mol. The normalized spacial score (nSPS) is 11.2. The minimum absolute atomic E-state index is 0.560. The van der Waals surface area contributed by atoms with Crippen molar-refractivity contribution >= 4 is 0 Å². The lowest BCUT2D eigenvalue weighted by atomic mass is 9.83. The molecule has 3 nitrogen and oxygen atoms in total. The van der Waals surface area contributed by atoms with Crippen LogP contribution in [-0.4, -0.2) is 15.1 Å². The lowest BCUT2D eigenvalue weighted by Gasteiger charge is -2.28. The van der Waals surface area contributed by atoms with Gasteiger partial charge in [0.05, 0.1) is 5.69 Å². The van der Waals surface area contributed by atoms with Gasteiger partial charge in [0.2, 0.25) is 0 Å². The zero-order chi connectivity index (χ0) is 13.8. The van der Waals surface area contributed by atoms with Gasteiger partial charge in [0.15, 0.2) is 5.60 Å². The van der Waals surface area contributed by atoms with Crippen molar-refractivity contribution in [3.63, 3.8) is 0 Å². The summed E-state index contributed by atoms with van der Waals surface area (Å²) in [5, 5.41) is 11.3. The van der Waals surface area contributed by atoms with Gasteiger partial charge < -0.3 is 5.11 Å². The van der Waals surface area contributed by atoms with Crippen LogP contribution in [0.5, 0.6) is 0 Å². The largest absolute Gasteiger partial charge is 0.374 e. The highest BCUT2D eigenvalue weighted by Gasteiger charge is 2.34. The summed E-state index contributed by atoms with van der Waals surface area (Å²) >= 11 is 0. The molecule has 0 saturated heterocycles. The van der Waals surface area contributed by atoms with Crippen molar-refractivity contribution in [2.45, 2.75) is 5.60 Å². The predicted molar refractivity (Wildman–Crippen MR) is 77.0 cm³/mol. The third-order valence-electron chi connectivity index (χ3n) is 3.34. The van der Waals surface area contributed by atoms with Crippen molar-refractivity contribution in [1.82, 2.24) is 9.97 Å². The van der Waals surface area contributed by atoms with Crippen molar-refractivity contribution in [2.75, 3.05) is 0 Å². The number of aromatic nitrogens is 2. The molecule has 3 rings (SSSR count). The summed E-state index contributed by atoms with van der Waals surface area (Å²) in [4.78, 5) is 8.17. The number of hydrogen-bond donors (Lipinski definition) is 1. The zero-order valence-electron chi connectivity index (χ0n) is 10.8. The molecule has 0 saturated carbocycles. The maximum atomic E-state index is 11.3. The Hall–Kier alpha value is -2.52. The van der Waals surface area contributed by atoms with E-state index in [0.29, 0.717) is 5.69 Å². The first-order chi connectivity index (χ1) is 9.82. The van der Waals surface area contributed by atoms with Gasteiger partial charge in [0.1, 0.15) is 6.33 Å². The van der Waals surface area contributed by atoms with Crippen LogP contribution >= 0.6 is 0 Å². The molecule has 1 aromatic heterocycles. The summed E-state index contributed by atoms with van der Waals surface area (Å²) in [5.41, 5.74) is 0.852. The molecule has 1 heterocycles. The lowest BCUT2D eigenvalue weighted by molar-refractivity contribution is 0.120. The van der Waals surface area contributed by atoms with E-state index in [0.717, 1.165) is 11.1 Å². The highest BCUT2D eigenvalue weighted by atomic mass is 16.3. The predicted octanol–water partition coefficient (Wildman–Crippen LogP) is 2.76. The maximum Gasteiger partial charge on any atom is 0.157 e. The van der Waals surface area contributed by atoms with Gasteiger partial charge in [0, 0.05) is 6.20 Å². The van der Waals surface area contributed by atoms with Crippen molar-refractivity contribution in [2.24, 2.45) is 0 Å². The SMILES string of the molecule is OC(c1ccccc1)(c1ccccc1)c1ccncn1. The van der Waals surface area contributed by atoms with E-state index in [4.69, 9.17) is 0 Å². The molecular weight excluding hydrogens is 248 g/mol. The summed E-state index contributed by atoms with van der Waals surface area (Å²) in [6.07, 6.45) is 3.09. The highest BCUT2D eigenvalue weighted by molar-refractivity contribution is 5.43. The quantitative estimate of drug-likeness (QED) is 0.789. The first-order valence-electron chi connectivity index (χ1n) is 6.42. The number of aliphatic hydroxyl groups is 1. The van der Waals surface area contributed by atoms with Gasteiger partial charge in [-0.25, -0.2) is 9.97 Å². The van der Waals surface area contributed by atoms with E-state index in [2.05, 4.69) is 9.97 Å². The molecular formula is C17H14N2O. The standard InChI is InChI=1S/C17H14N2O/c20-17(14-7-3-1-4-8-14,15-9-5-2-6-10-15)16-11-12-18-13-19-16/h1-13,20H. The Morgan fingerprint density at radius 3 is 1.75 bits per heavy atom. The molecule has 0 bridgehead atoms. The molecule has 2 aromatic carbocycles. The van der Waals surface area contributed by atoms with Gasteiger partial charge in [-0.05, 0) is 17.2 Å². The highest BCUT2D eigenvalue weighted by Crippen LogP contribution is 2.34. The Balaban J connectivity index is 2.24. The van der Waals surface area contributed by atoms with Crippen LogP contribution in [0.4, 0.5) is 0 Å². The Morgan fingerprint density at radius 2 is 1.30 bits per heavy atom. The van der Waals surface area contributed by atoms with Crippen LogP contribution in [0.15, 0.2) is 79.3 Å². The lowest BCUT2D eigenvalue weighted by Crippen LogP contribution is -2.29. The molecule has 3 aromatic rings. The fourth-order valence-electron chi connectivity index (χ4n) is 2.33. The van der Waals surface area contributed by atoms with Gasteiger partial charge in [-0.15, -0.1) is 0 Å². The Kier molecular flexibility index (Phi) is 3.27. The van der Waals surface area contributed by atoms with Crippen molar-refractivity contribution < 1.29 is 5.11 Å². The second kappa shape index (κ2) is 5.23. The molecule has 3 heteroatoms. The molecule has 0 amide bonds. The second-order valence-electron chi connectivity index (χ2n) is 4.54. The zero-order valence-corrected chi connectivity index (χ0v) is 10.8. The van der Waals surface area contributed by atoms with Gasteiger partial charge >= 0.3 is 0 Å². The molecule has 0 fully saturated rings. The average Bonchev–Trinajstić information content (AvgIpc) is 2.56. The third kappa shape index (κ3) is 2.08. The third-order valence-corrected chi connectivity index (χ3v) is 3.34. The Labute approximate surface area is 117 Å². The first kappa shape index (κ1) is 12.5. The minimum atomic E-state index is -1.27. The molecule has 0 aliphatic carbocycles. The van der Waals surface area contributed by atoms with E-state index >= 15 is 0 Å². The summed E-state index contributed by atoms with van der Waals surface area (Å²) in [6, 6.07) is 20.8. The summed E-state index contributed by atoms with van der Waals surface area (Å²) in [5.74, 6) is 0. The van der Waals surface area contributed by atoms with Crippen molar-refractivity contribution in [1.29, 1.82) is 0 Å². The van der Waals surface area contributed by atoms with E-state index < -0.39 is 5.60 Å². The molecule has 0 unspecified atom stereocenters. The smallest absolute Gasteiger partial charge is 0.157 e. The summed E-state index contributed by atoms with van der Waals surface area (Å²) in [7, 11) is 0. The van der Waals surface area contributed by atoms with Crippen LogP contribution < -0.4 is 0 Å². The monoisotopic (exact) mass is 262 g/mol. The van der Waals surface area contributed by atoms with E-state index in [1.54, 1.807) is 12.3 Å². The Bertz CT molecular complexity index is 572. The van der Waals surface area contributed by atoms with Gasteiger partial charge in [-0.2, -0.15) is 0 Å². The molecule has 98 valence electrons. The van der Waals surface area contributed by atoms with Crippen molar-refractivity contribution in [3.8, 4) is 0 Å². The molecule has 0 atom stereocenters. The van der Waals surface area contributed by atoms with E-state index in [1.165, 1.54) is 6.33 Å². The summed E-state index contributed by atoms with van der Waals surface area (Å²) < 4.78 is 0. The second-order valence-corrected chi connectivity index (χ2v) is 4.54. The van der Waals surface area contributed by atoms with Crippen LogP contribution in [0.3, 0.4) is 0 Å². The van der Waals surface area contributed by atoms with Crippen LogP contribution in [0.25, 0.3) is 0 Å². The van der Waals surface area contributed by atoms with E-state index in [-0.39, 0.29) is 0 Å². The molecule has 0 aliphatic rings. The van der Waals surface area contributed by atoms with Crippen molar-refractivity contribution in [3.05, 3.63) is 96.1 Å². The molecule has 0 aliphatic heterocycles. The fraction of sp³-hybridized carbons (Fsp3) is 0.0588. The fourth-order valence-corrected chi connectivity index (χ4v) is 2.33. The maximum absolute atomic E-state index is 11.3. The molecule has 1 N–H and O–H groups in total. The molecule has 0 spiro atoms. The number of benzene rings is 2. The minimum Gasteiger partial charge on any atom is -0.374 e. The summed E-state index contributed by atoms with van der Waals surface area (Å²) in [6.45, 7) is 0. The number of hydrogen-bond acceptors (Lipinski definition) is 3. The Morgan fingerprint density at radius 1 is 0.750 bits per heavy atom. The number of rotatable bonds is 3.